The number of nitrogens with one attached hydrogen (secondary N) is 1. The lowest BCUT2D eigenvalue weighted by Crippen LogP contribution is -2.52. The molecule has 118 valence electrons. The Labute approximate surface area is 123 Å². The van der Waals surface area contributed by atoms with Crippen LogP contribution < -0.4 is 4.72 Å². The van der Waals surface area contributed by atoms with Gasteiger partial charge in [0.1, 0.15) is 6.04 Å². The van der Waals surface area contributed by atoms with Crippen molar-refractivity contribution in [3.63, 3.8) is 0 Å². The van der Waals surface area contributed by atoms with E-state index in [0.717, 1.165) is 10.7 Å². The molecular formula is C11H19N5O4S. The molecule has 1 unspecified atom stereocenters. The quantitative estimate of drug-likeness (QED) is 0.651. The van der Waals surface area contributed by atoms with Crippen LogP contribution in [0.15, 0.2) is 12.4 Å². The van der Waals surface area contributed by atoms with Gasteiger partial charge in [0.15, 0.2) is 0 Å². The zero-order chi connectivity index (χ0) is 15.3. The average Bonchev–Trinajstić information content (AvgIpc) is 2.97. The Kier molecular flexibility index (Phi) is 5.26. The molecule has 1 fully saturated rings. The van der Waals surface area contributed by atoms with Crippen molar-refractivity contribution in [1.29, 1.82) is 0 Å². The number of piperidine rings is 1. The number of rotatable bonds is 7. The van der Waals surface area contributed by atoms with Gasteiger partial charge in [-0.15, -0.1) is 5.10 Å². The van der Waals surface area contributed by atoms with Crippen LogP contribution in [0.25, 0.3) is 0 Å². The van der Waals surface area contributed by atoms with Gasteiger partial charge in [0, 0.05) is 25.8 Å². The highest BCUT2D eigenvalue weighted by molar-refractivity contribution is 7.87. The van der Waals surface area contributed by atoms with E-state index < -0.39 is 22.2 Å². The van der Waals surface area contributed by atoms with E-state index in [1.54, 1.807) is 17.1 Å². The number of nitrogens with zero attached hydrogens (tertiary/aromatic N) is 4. The molecule has 2 rings (SSSR count). The monoisotopic (exact) mass is 317 g/mol. The zero-order valence-electron chi connectivity index (χ0n) is 11.6. The number of carboxylic acids is 1. The normalized spacial score (nSPS) is 20.5. The molecule has 0 spiro atoms. The van der Waals surface area contributed by atoms with E-state index in [1.807, 2.05) is 0 Å². The third kappa shape index (κ3) is 4.22. The summed E-state index contributed by atoms with van der Waals surface area (Å²) in [5, 5.41) is 16.5. The van der Waals surface area contributed by atoms with Crippen molar-refractivity contribution in [1.82, 2.24) is 24.0 Å². The van der Waals surface area contributed by atoms with Crippen LogP contribution in [0.5, 0.6) is 0 Å². The highest BCUT2D eigenvalue weighted by atomic mass is 32.2. The molecule has 0 saturated carbocycles. The molecule has 1 aromatic heterocycles. The Morgan fingerprint density at radius 3 is 2.90 bits per heavy atom. The number of carboxylic acid groups (broad SMARTS) is 1. The second-order valence-electron chi connectivity index (χ2n) is 4.88. The summed E-state index contributed by atoms with van der Waals surface area (Å²) in [7, 11) is -3.76. The van der Waals surface area contributed by atoms with Crippen molar-refractivity contribution in [2.75, 3.05) is 13.1 Å². The van der Waals surface area contributed by atoms with Crippen LogP contribution in [-0.4, -0.2) is 57.9 Å². The largest absolute Gasteiger partial charge is 0.480 e. The van der Waals surface area contributed by atoms with Crippen LogP contribution in [0.2, 0.25) is 0 Å². The smallest absolute Gasteiger partial charge is 0.322 e. The van der Waals surface area contributed by atoms with Crippen molar-refractivity contribution in [2.45, 2.75) is 38.3 Å². The molecule has 0 aromatic carbocycles. The summed E-state index contributed by atoms with van der Waals surface area (Å²) in [4.78, 5) is 11.1. The van der Waals surface area contributed by atoms with Gasteiger partial charge in [-0.1, -0.05) is 5.21 Å². The lowest BCUT2D eigenvalue weighted by Gasteiger charge is -2.31. The maximum absolute atomic E-state index is 12.2. The minimum Gasteiger partial charge on any atom is -0.480 e. The van der Waals surface area contributed by atoms with Gasteiger partial charge < -0.3 is 5.11 Å². The van der Waals surface area contributed by atoms with Crippen molar-refractivity contribution >= 4 is 16.2 Å². The predicted octanol–water partition coefficient (Wildman–Crippen LogP) is -0.558. The highest BCUT2D eigenvalue weighted by Gasteiger charge is 2.36. The number of carbonyl (C=O) groups is 1. The third-order valence-electron chi connectivity index (χ3n) is 3.37. The Hall–Kier alpha value is -1.52. The van der Waals surface area contributed by atoms with Gasteiger partial charge in [0.2, 0.25) is 0 Å². The molecule has 10 heteroatoms. The number of hydrogen-bond acceptors (Lipinski definition) is 5. The molecule has 1 saturated heterocycles. The lowest BCUT2D eigenvalue weighted by molar-refractivity contribution is -0.142. The van der Waals surface area contributed by atoms with Crippen LogP contribution in [0.1, 0.15) is 25.7 Å². The standard InChI is InChI=1S/C11H19N5O4S/c17-11(18)10-4-1-2-8-16(10)21(19,20)13-5-3-7-15-9-6-12-14-15/h6,9-10,13H,1-5,7-8H2,(H,17,18). The minimum absolute atomic E-state index is 0.227. The van der Waals surface area contributed by atoms with Crippen LogP contribution >= 0.6 is 0 Å². The number of aryl methyl sites for hydroxylation is 1. The average molecular weight is 317 g/mol. The molecular weight excluding hydrogens is 298 g/mol. The maximum atomic E-state index is 12.2. The summed E-state index contributed by atoms with van der Waals surface area (Å²) in [6.45, 7) is 1.02. The molecule has 9 nitrogen and oxygen atoms in total. The Balaban J connectivity index is 1.86. The minimum atomic E-state index is -3.76. The van der Waals surface area contributed by atoms with E-state index >= 15 is 0 Å². The summed E-state index contributed by atoms with van der Waals surface area (Å²) in [5.41, 5.74) is 0. The molecule has 0 radical (unpaired) electrons. The number of hydrogen-bond donors (Lipinski definition) is 2. The van der Waals surface area contributed by atoms with Gasteiger partial charge in [-0.05, 0) is 25.7 Å². The first-order valence-corrected chi connectivity index (χ1v) is 8.28. The molecule has 0 bridgehead atoms. The van der Waals surface area contributed by atoms with Gasteiger partial charge in [-0.3, -0.25) is 9.48 Å². The molecule has 2 N–H and O–H groups in total. The number of aliphatic carboxylic acids is 1. The second kappa shape index (κ2) is 6.96. The first-order valence-electron chi connectivity index (χ1n) is 6.84. The molecule has 0 amide bonds. The van der Waals surface area contributed by atoms with Crippen LogP contribution in [0, 0.1) is 0 Å². The summed E-state index contributed by atoms with van der Waals surface area (Å²) in [6, 6.07) is -0.966. The van der Waals surface area contributed by atoms with Crippen LogP contribution in [0.3, 0.4) is 0 Å². The van der Waals surface area contributed by atoms with Gasteiger partial charge in [-0.2, -0.15) is 12.7 Å². The van der Waals surface area contributed by atoms with Gasteiger partial charge in [0.25, 0.3) is 10.2 Å². The Morgan fingerprint density at radius 2 is 2.24 bits per heavy atom. The lowest BCUT2D eigenvalue weighted by atomic mass is 10.1. The highest BCUT2D eigenvalue weighted by Crippen LogP contribution is 2.19. The molecule has 1 aliphatic rings. The fourth-order valence-electron chi connectivity index (χ4n) is 2.32. The van der Waals surface area contributed by atoms with Gasteiger partial charge >= 0.3 is 5.97 Å². The number of aromatic nitrogens is 3. The first kappa shape index (κ1) is 15.9. The molecule has 21 heavy (non-hydrogen) atoms. The summed E-state index contributed by atoms with van der Waals surface area (Å²) in [6.07, 6.45) is 5.57. The van der Waals surface area contributed by atoms with E-state index in [9.17, 15) is 13.2 Å². The van der Waals surface area contributed by atoms with Crippen molar-refractivity contribution in [2.24, 2.45) is 0 Å². The predicted molar refractivity (Wildman–Crippen MR) is 73.5 cm³/mol. The molecule has 1 aliphatic heterocycles. The second-order valence-corrected chi connectivity index (χ2v) is 6.59. The van der Waals surface area contributed by atoms with Crippen molar-refractivity contribution in [3.05, 3.63) is 12.4 Å². The molecule has 0 aliphatic carbocycles. The third-order valence-corrected chi connectivity index (χ3v) is 4.99. The topological polar surface area (TPSA) is 117 Å². The summed E-state index contributed by atoms with van der Waals surface area (Å²) < 4.78 is 29.5. The van der Waals surface area contributed by atoms with E-state index in [4.69, 9.17) is 5.11 Å². The zero-order valence-corrected chi connectivity index (χ0v) is 12.4. The Morgan fingerprint density at radius 1 is 1.43 bits per heavy atom. The first-order chi connectivity index (χ1) is 10.0. The SMILES string of the molecule is O=C(O)C1CCCCN1S(=O)(=O)NCCCn1ccnn1. The van der Waals surface area contributed by atoms with Gasteiger partial charge in [0.05, 0.1) is 6.20 Å². The fraction of sp³-hybridized carbons (Fsp3) is 0.727. The van der Waals surface area contributed by atoms with Crippen molar-refractivity contribution in [3.8, 4) is 0 Å². The van der Waals surface area contributed by atoms with E-state index in [1.165, 1.54) is 0 Å². The van der Waals surface area contributed by atoms with E-state index in [2.05, 4.69) is 15.0 Å². The summed E-state index contributed by atoms with van der Waals surface area (Å²) in [5.74, 6) is -1.09. The molecule has 2 heterocycles. The van der Waals surface area contributed by atoms with E-state index in [0.29, 0.717) is 25.8 Å². The van der Waals surface area contributed by atoms with E-state index in [-0.39, 0.29) is 13.1 Å². The Bertz CT molecular complexity index is 559. The molecule has 1 aromatic rings. The van der Waals surface area contributed by atoms with Crippen LogP contribution in [-0.2, 0) is 21.5 Å². The summed E-state index contributed by atoms with van der Waals surface area (Å²) >= 11 is 0. The fourth-order valence-corrected chi connectivity index (χ4v) is 3.78. The van der Waals surface area contributed by atoms with Gasteiger partial charge in [-0.25, -0.2) is 4.72 Å². The molecule has 1 atom stereocenters. The maximum Gasteiger partial charge on any atom is 0.322 e. The van der Waals surface area contributed by atoms with Crippen LogP contribution in [0.4, 0.5) is 0 Å². The van der Waals surface area contributed by atoms with Crippen molar-refractivity contribution < 1.29 is 18.3 Å².